The number of halogens is 4. The molecular formula is C12H15ClF3N3O. The molecule has 0 saturated carbocycles. The minimum absolute atomic E-state index is 0.165. The molecule has 1 amide bonds. The molecule has 0 saturated heterocycles. The monoisotopic (exact) mass is 309 g/mol. The number of carbonyl (C=O) groups is 1. The van der Waals surface area contributed by atoms with Crippen LogP contribution in [-0.4, -0.2) is 37.1 Å². The summed E-state index contributed by atoms with van der Waals surface area (Å²) in [6.07, 6.45) is -5.20. The number of alkyl halides is 3. The molecule has 1 aromatic rings. The van der Waals surface area contributed by atoms with Crippen molar-refractivity contribution in [1.29, 1.82) is 0 Å². The molecule has 0 aliphatic heterocycles. The van der Waals surface area contributed by atoms with Crippen molar-refractivity contribution in [3.05, 3.63) is 23.2 Å². The zero-order valence-electron chi connectivity index (χ0n) is 10.8. The fourth-order valence-electron chi connectivity index (χ4n) is 1.47. The van der Waals surface area contributed by atoms with Crippen LogP contribution in [0.4, 0.5) is 24.5 Å². The molecule has 0 bridgehead atoms. The summed E-state index contributed by atoms with van der Waals surface area (Å²) in [5.74, 6) is -0.455. The fourth-order valence-corrected chi connectivity index (χ4v) is 1.64. The number of nitrogens with one attached hydrogen (secondary N) is 1. The summed E-state index contributed by atoms with van der Waals surface area (Å²) in [5, 5.41) is 2.91. The lowest BCUT2D eigenvalue weighted by Gasteiger charge is -2.17. The molecule has 0 unspecified atom stereocenters. The van der Waals surface area contributed by atoms with E-state index >= 15 is 0 Å². The molecule has 3 N–H and O–H groups in total. The molecule has 1 rings (SSSR count). The molecule has 0 aliphatic carbocycles. The maximum Gasteiger partial charge on any atom is 0.390 e. The van der Waals surface area contributed by atoms with Crippen LogP contribution in [0, 0.1) is 0 Å². The van der Waals surface area contributed by atoms with Gasteiger partial charge in [-0.3, -0.25) is 9.69 Å². The highest BCUT2D eigenvalue weighted by molar-refractivity contribution is 6.31. The Morgan fingerprint density at radius 3 is 2.70 bits per heavy atom. The van der Waals surface area contributed by atoms with Gasteiger partial charge in [0, 0.05) is 11.6 Å². The Hall–Kier alpha value is -1.47. The Labute approximate surface area is 119 Å². The number of anilines is 2. The number of nitrogen functional groups attached to an aromatic ring is 1. The molecule has 0 atom stereocenters. The number of nitrogens with two attached hydrogens (primary N) is 1. The standard InChI is InChI=1S/C12H15ClF3N3O/c1-19(5-4-12(14,15)16)7-11(20)18-10-6-8(13)2-3-9(10)17/h2-3,6H,4-5,7,17H2,1H3,(H,18,20). The van der Waals surface area contributed by atoms with E-state index in [-0.39, 0.29) is 13.1 Å². The van der Waals surface area contributed by atoms with Gasteiger partial charge in [-0.1, -0.05) is 11.6 Å². The van der Waals surface area contributed by atoms with Crippen LogP contribution in [0.25, 0.3) is 0 Å². The second kappa shape index (κ2) is 6.81. The minimum Gasteiger partial charge on any atom is -0.397 e. The number of nitrogens with zero attached hydrogens (tertiary/aromatic N) is 1. The van der Waals surface area contributed by atoms with Gasteiger partial charge in [-0.25, -0.2) is 0 Å². The van der Waals surface area contributed by atoms with Gasteiger partial charge in [0.15, 0.2) is 0 Å². The van der Waals surface area contributed by atoms with Gasteiger partial charge in [0.25, 0.3) is 0 Å². The van der Waals surface area contributed by atoms with E-state index in [1.807, 2.05) is 0 Å². The predicted molar refractivity (Wildman–Crippen MR) is 72.7 cm³/mol. The van der Waals surface area contributed by atoms with Crippen molar-refractivity contribution in [2.75, 3.05) is 31.2 Å². The Morgan fingerprint density at radius 2 is 2.10 bits per heavy atom. The van der Waals surface area contributed by atoms with Crippen LogP contribution < -0.4 is 11.1 Å². The van der Waals surface area contributed by atoms with Gasteiger partial charge in [-0.2, -0.15) is 13.2 Å². The normalized spacial score (nSPS) is 11.7. The van der Waals surface area contributed by atoms with Crippen LogP contribution >= 0.6 is 11.6 Å². The molecule has 0 fully saturated rings. The highest BCUT2D eigenvalue weighted by atomic mass is 35.5. The summed E-state index contributed by atoms with van der Waals surface area (Å²) in [7, 11) is 1.44. The summed E-state index contributed by atoms with van der Waals surface area (Å²) < 4.78 is 36.1. The van der Waals surface area contributed by atoms with E-state index < -0.39 is 18.5 Å². The lowest BCUT2D eigenvalue weighted by molar-refractivity contribution is -0.138. The first-order valence-corrected chi connectivity index (χ1v) is 6.15. The van der Waals surface area contributed by atoms with Crippen molar-refractivity contribution < 1.29 is 18.0 Å². The molecule has 0 spiro atoms. The molecule has 8 heteroatoms. The Kier molecular flexibility index (Phi) is 5.64. The average Bonchev–Trinajstić information content (AvgIpc) is 2.30. The number of amides is 1. The number of rotatable bonds is 5. The number of carbonyl (C=O) groups excluding carboxylic acids is 1. The van der Waals surface area contributed by atoms with Crippen LogP contribution in [0.3, 0.4) is 0 Å². The number of likely N-dealkylation sites (N-methyl/N-ethyl adjacent to an activating group) is 1. The first-order valence-electron chi connectivity index (χ1n) is 5.77. The quantitative estimate of drug-likeness (QED) is 0.822. The lowest BCUT2D eigenvalue weighted by atomic mass is 10.2. The van der Waals surface area contributed by atoms with Crippen LogP contribution in [0.1, 0.15) is 6.42 Å². The Bertz CT molecular complexity index is 480. The number of benzene rings is 1. The zero-order chi connectivity index (χ0) is 15.3. The maximum absolute atomic E-state index is 12.0. The van der Waals surface area contributed by atoms with Gasteiger partial charge in [-0.05, 0) is 25.2 Å². The molecule has 20 heavy (non-hydrogen) atoms. The minimum atomic E-state index is -4.23. The number of hydrogen-bond acceptors (Lipinski definition) is 3. The molecule has 112 valence electrons. The SMILES string of the molecule is CN(CCC(F)(F)F)CC(=O)Nc1cc(Cl)ccc1N. The summed E-state index contributed by atoms with van der Waals surface area (Å²) in [6.45, 7) is -0.413. The van der Waals surface area contributed by atoms with Crippen molar-refractivity contribution in [2.24, 2.45) is 0 Å². The molecule has 1 aromatic carbocycles. The van der Waals surface area contributed by atoms with Crippen LogP contribution in [0.15, 0.2) is 18.2 Å². The van der Waals surface area contributed by atoms with Gasteiger partial charge < -0.3 is 11.1 Å². The summed E-state index contributed by atoms with van der Waals surface area (Å²) in [4.78, 5) is 13.0. The highest BCUT2D eigenvalue weighted by Crippen LogP contribution is 2.23. The van der Waals surface area contributed by atoms with Crippen molar-refractivity contribution >= 4 is 28.9 Å². The van der Waals surface area contributed by atoms with Crippen molar-refractivity contribution in [3.63, 3.8) is 0 Å². The molecule has 0 radical (unpaired) electrons. The molecule has 0 aliphatic rings. The smallest absolute Gasteiger partial charge is 0.390 e. The van der Waals surface area contributed by atoms with Gasteiger partial charge in [0.2, 0.25) is 5.91 Å². The van der Waals surface area contributed by atoms with Gasteiger partial charge in [0.05, 0.1) is 24.3 Å². The molecular weight excluding hydrogens is 295 g/mol. The van der Waals surface area contributed by atoms with Crippen LogP contribution in [0.5, 0.6) is 0 Å². The predicted octanol–water partition coefficient (Wildman–Crippen LogP) is 2.74. The third-order valence-corrected chi connectivity index (χ3v) is 2.72. The Morgan fingerprint density at radius 1 is 1.45 bits per heavy atom. The zero-order valence-corrected chi connectivity index (χ0v) is 11.6. The second-order valence-electron chi connectivity index (χ2n) is 4.38. The Balaban J connectivity index is 2.49. The van der Waals surface area contributed by atoms with E-state index in [1.165, 1.54) is 24.1 Å². The first-order chi connectivity index (χ1) is 9.17. The fraction of sp³-hybridized carbons (Fsp3) is 0.417. The van der Waals surface area contributed by atoms with Crippen molar-refractivity contribution in [1.82, 2.24) is 4.90 Å². The van der Waals surface area contributed by atoms with E-state index in [0.717, 1.165) is 0 Å². The molecule has 0 heterocycles. The average molecular weight is 310 g/mol. The molecule has 4 nitrogen and oxygen atoms in total. The van der Waals surface area contributed by atoms with Crippen LogP contribution in [-0.2, 0) is 4.79 Å². The van der Waals surface area contributed by atoms with Crippen molar-refractivity contribution in [3.8, 4) is 0 Å². The maximum atomic E-state index is 12.0. The van der Waals surface area contributed by atoms with Crippen molar-refractivity contribution in [2.45, 2.75) is 12.6 Å². The first kappa shape index (κ1) is 16.6. The van der Waals surface area contributed by atoms with Gasteiger partial charge >= 0.3 is 6.18 Å². The van der Waals surface area contributed by atoms with E-state index in [9.17, 15) is 18.0 Å². The summed E-state index contributed by atoms with van der Waals surface area (Å²) in [6, 6.07) is 4.58. The third kappa shape index (κ3) is 6.12. The topological polar surface area (TPSA) is 58.4 Å². The third-order valence-electron chi connectivity index (χ3n) is 2.48. The summed E-state index contributed by atoms with van der Waals surface area (Å²) >= 11 is 5.76. The van der Waals surface area contributed by atoms with Crippen LogP contribution in [0.2, 0.25) is 5.02 Å². The van der Waals surface area contributed by atoms with E-state index in [1.54, 1.807) is 6.07 Å². The lowest BCUT2D eigenvalue weighted by Crippen LogP contribution is -2.32. The highest BCUT2D eigenvalue weighted by Gasteiger charge is 2.27. The number of hydrogen-bond donors (Lipinski definition) is 2. The second-order valence-corrected chi connectivity index (χ2v) is 4.82. The summed E-state index contributed by atoms with van der Waals surface area (Å²) in [5.41, 5.74) is 6.32. The largest absolute Gasteiger partial charge is 0.397 e. The molecule has 0 aromatic heterocycles. The van der Waals surface area contributed by atoms with E-state index in [4.69, 9.17) is 17.3 Å². The van der Waals surface area contributed by atoms with Gasteiger partial charge in [0.1, 0.15) is 0 Å². The van der Waals surface area contributed by atoms with E-state index in [2.05, 4.69) is 5.32 Å². The van der Waals surface area contributed by atoms with E-state index in [0.29, 0.717) is 16.4 Å². The van der Waals surface area contributed by atoms with Gasteiger partial charge in [-0.15, -0.1) is 0 Å².